The molecule has 0 heterocycles. The maximum atomic E-state index is 10.1. The Morgan fingerprint density at radius 3 is 2.38 bits per heavy atom. The van der Waals surface area contributed by atoms with E-state index in [-0.39, 0.29) is 6.10 Å². The Labute approximate surface area is 101 Å². The summed E-state index contributed by atoms with van der Waals surface area (Å²) in [6, 6.07) is 0. The Hall–Kier alpha value is -0.0400. The lowest BCUT2D eigenvalue weighted by Crippen LogP contribution is -2.32. The topological polar surface area (TPSA) is 20.2 Å². The summed E-state index contributed by atoms with van der Waals surface area (Å²) in [5.74, 6) is 3.23. The minimum Gasteiger partial charge on any atom is -0.393 e. The molecule has 0 aromatic rings. The van der Waals surface area contributed by atoms with E-state index in [1.807, 2.05) is 0 Å². The summed E-state index contributed by atoms with van der Waals surface area (Å²) in [4.78, 5) is 0. The van der Waals surface area contributed by atoms with Gasteiger partial charge in [0.15, 0.2) is 0 Å². The van der Waals surface area contributed by atoms with Gasteiger partial charge in [-0.1, -0.05) is 39.5 Å². The summed E-state index contributed by atoms with van der Waals surface area (Å²) >= 11 is 0. The summed E-state index contributed by atoms with van der Waals surface area (Å²) in [6.07, 6.45) is 10.6. The zero-order chi connectivity index (χ0) is 11.5. The van der Waals surface area contributed by atoms with Crippen LogP contribution in [0.5, 0.6) is 0 Å². The quantitative estimate of drug-likeness (QED) is 0.768. The van der Waals surface area contributed by atoms with E-state index in [1.54, 1.807) is 0 Å². The molecule has 2 saturated carbocycles. The van der Waals surface area contributed by atoms with E-state index in [1.165, 1.54) is 44.9 Å². The highest BCUT2D eigenvalue weighted by Gasteiger charge is 2.32. The van der Waals surface area contributed by atoms with E-state index < -0.39 is 0 Å². The van der Waals surface area contributed by atoms with Gasteiger partial charge in [0, 0.05) is 0 Å². The fourth-order valence-corrected chi connectivity index (χ4v) is 3.82. The van der Waals surface area contributed by atoms with Crippen LogP contribution in [-0.4, -0.2) is 11.2 Å². The molecule has 2 rings (SSSR count). The van der Waals surface area contributed by atoms with Crippen LogP contribution in [0, 0.1) is 23.7 Å². The van der Waals surface area contributed by atoms with Crippen molar-refractivity contribution in [1.29, 1.82) is 0 Å². The SMILES string of the molecule is CC(C)C1CCC(O)C(CC2CCCC2)C1. The highest BCUT2D eigenvalue weighted by atomic mass is 16.3. The molecule has 2 aliphatic carbocycles. The first-order valence-electron chi connectivity index (χ1n) is 7.35. The van der Waals surface area contributed by atoms with Crippen LogP contribution in [0.3, 0.4) is 0 Å². The minimum atomic E-state index is 0.00981. The van der Waals surface area contributed by atoms with E-state index in [2.05, 4.69) is 13.8 Å². The molecule has 0 aliphatic heterocycles. The lowest BCUT2D eigenvalue weighted by Gasteiger charge is -2.36. The maximum absolute atomic E-state index is 10.1. The van der Waals surface area contributed by atoms with Crippen LogP contribution in [0.1, 0.15) is 65.2 Å². The summed E-state index contributed by atoms with van der Waals surface area (Å²) in [7, 11) is 0. The lowest BCUT2D eigenvalue weighted by atomic mass is 9.72. The maximum Gasteiger partial charge on any atom is 0.0568 e. The van der Waals surface area contributed by atoms with E-state index in [9.17, 15) is 5.11 Å². The van der Waals surface area contributed by atoms with E-state index >= 15 is 0 Å². The van der Waals surface area contributed by atoms with Crippen LogP contribution in [0.2, 0.25) is 0 Å². The van der Waals surface area contributed by atoms with Gasteiger partial charge in [0.25, 0.3) is 0 Å². The van der Waals surface area contributed by atoms with Crippen molar-refractivity contribution in [2.75, 3.05) is 0 Å². The first-order chi connectivity index (χ1) is 7.66. The summed E-state index contributed by atoms with van der Waals surface area (Å²) in [5, 5.41) is 10.1. The molecule has 0 saturated heterocycles. The van der Waals surface area contributed by atoms with E-state index in [0.29, 0.717) is 5.92 Å². The van der Waals surface area contributed by atoms with Gasteiger partial charge in [-0.15, -0.1) is 0 Å². The summed E-state index contributed by atoms with van der Waals surface area (Å²) in [6.45, 7) is 4.68. The van der Waals surface area contributed by atoms with Crippen molar-refractivity contribution in [2.24, 2.45) is 23.7 Å². The monoisotopic (exact) mass is 224 g/mol. The smallest absolute Gasteiger partial charge is 0.0568 e. The zero-order valence-corrected chi connectivity index (χ0v) is 11.0. The van der Waals surface area contributed by atoms with E-state index in [0.717, 1.165) is 24.2 Å². The molecule has 2 fully saturated rings. The second-order valence-electron chi connectivity index (χ2n) is 6.53. The number of rotatable bonds is 3. The fourth-order valence-electron chi connectivity index (χ4n) is 3.82. The molecule has 0 bridgehead atoms. The first kappa shape index (κ1) is 12.4. The molecule has 0 spiro atoms. The predicted molar refractivity (Wildman–Crippen MR) is 68.3 cm³/mol. The molecule has 1 heteroatoms. The molecule has 94 valence electrons. The van der Waals surface area contributed by atoms with Crippen LogP contribution in [0.25, 0.3) is 0 Å². The van der Waals surface area contributed by atoms with Crippen molar-refractivity contribution in [3.8, 4) is 0 Å². The molecule has 2 aliphatic rings. The third-order valence-electron chi connectivity index (χ3n) is 5.04. The van der Waals surface area contributed by atoms with Crippen molar-refractivity contribution in [3.63, 3.8) is 0 Å². The highest BCUT2D eigenvalue weighted by molar-refractivity contribution is 4.83. The molecular weight excluding hydrogens is 196 g/mol. The molecule has 0 amide bonds. The van der Waals surface area contributed by atoms with Crippen LogP contribution in [0.15, 0.2) is 0 Å². The van der Waals surface area contributed by atoms with Crippen molar-refractivity contribution >= 4 is 0 Å². The van der Waals surface area contributed by atoms with Crippen LogP contribution >= 0.6 is 0 Å². The Balaban J connectivity index is 1.85. The Morgan fingerprint density at radius 1 is 1.06 bits per heavy atom. The molecule has 1 nitrogen and oxygen atoms in total. The zero-order valence-electron chi connectivity index (χ0n) is 11.0. The number of hydrogen-bond donors (Lipinski definition) is 1. The Bertz CT molecular complexity index is 203. The van der Waals surface area contributed by atoms with Gasteiger partial charge in [-0.25, -0.2) is 0 Å². The van der Waals surface area contributed by atoms with Gasteiger partial charge in [0.1, 0.15) is 0 Å². The second-order valence-corrected chi connectivity index (χ2v) is 6.53. The molecule has 0 aromatic heterocycles. The van der Waals surface area contributed by atoms with Crippen molar-refractivity contribution in [1.82, 2.24) is 0 Å². The Kier molecular flexibility index (Phi) is 4.29. The molecule has 3 unspecified atom stereocenters. The largest absolute Gasteiger partial charge is 0.393 e. The lowest BCUT2D eigenvalue weighted by molar-refractivity contribution is 0.0259. The third-order valence-corrected chi connectivity index (χ3v) is 5.04. The average molecular weight is 224 g/mol. The van der Waals surface area contributed by atoms with Gasteiger partial charge in [-0.05, 0) is 49.4 Å². The van der Waals surface area contributed by atoms with Crippen LogP contribution in [0.4, 0.5) is 0 Å². The average Bonchev–Trinajstić information content (AvgIpc) is 2.73. The van der Waals surface area contributed by atoms with Crippen LogP contribution < -0.4 is 0 Å². The molecule has 0 radical (unpaired) electrons. The first-order valence-corrected chi connectivity index (χ1v) is 7.35. The van der Waals surface area contributed by atoms with Gasteiger partial charge >= 0.3 is 0 Å². The molecular formula is C15H28O. The standard InChI is InChI=1S/C15H28O/c1-11(2)13-7-8-15(16)14(10-13)9-12-5-3-4-6-12/h11-16H,3-10H2,1-2H3. The molecule has 0 aromatic carbocycles. The van der Waals surface area contributed by atoms with Crippen molar-refractivity contribution in [2.45, 2.75) is 71.3 Å². The molecule has 16 heavy (non-hydrogen) atoms. The minimum absolute atomic E-state index is 0.00981. The second kappa shape index (κ2) is 5.53. The number of aliphatic hydroxyl groups is 1. The number of hydrogen-bond acceptors (Lipinski definition) is 1. The van der Waals surface area contributed by atoms with Gasteiger partial charge in [-0.3, -0.25) is 0 Å². The number of aliphatic hydroxyl groups excluding tert-OH is 1. The van der Waals surface area contributed by atoms with Crippen molar-refractivity contribution < 1.29 is 5.11 Å². The summed E-state index contributed by atoms with van der Waals surface area (Å²) in [5.41, 5.74) is 0. The summed E-state index contributed by atoms with van der Waals surface area (Å²) < 4.78 is 0. The van der Waals surface area contributed by atoms with Crippen molar-refractivity contribution in [3.05, 3.63) is 0 Å². The van der Waals surface area contributed by atoms with Gasteiger partial charge < -0.3 is 5.11 Å². The highest BCUT2D eigenvalue weighted by Crippen LogP contribution is 2.40. The van der Waals surface area contributed by atoms with Gasteiger partial charge in [0.05, 0.1) is 6.10 Å². The van der Waals surface area contributed by atoms with Crippen LogP contribution in [-0.2, 0) is 0 Å². The van der Waals surface area contributed by atoms with E-state index in [4.69, 9.17) is 0 Å². The molecule has 3 atom stereocenters. The Morgan fingerprint density at radius 2 is 1.75 bits per heavy atom. The van der Waals surface area contributed by atoms with Gasteiger partial charge in [-0.2, -0.15) is 0 Å². The molecule has 1 N–H and O–H groups in total. The van der Waals surface area contributed by atoms with Gasteiger partial charge in [0.2, 0.25) is 0 Å². The fraction of sp³-hybridized carbons (Fsp3) is 1.00. The third kappa shape index (κ3) is 3.00. The predicted octanol–water partition coefficient (Wildman–Crippen LogP) is 4.00. The normalized spacial score (nSPS) is 37.1.